The minimum atomic E-state index is -0.828. The van der Waals surface area contributed by atoms with Gasteiger partial charge < -0.3 is 29.3 Å². The van der Waals surface area contributed by atoms with Crippen LogP contribution in [0.1, 0.15) is 37.6 Å². The third kappa shape index (κ3) is 6.63. The maximum absolute atomic E-state index is 13.9. The number of fused-ring (bicyclic) bond motifs is 1. The van der Waals surface area contributed by atoms with E-state index < -0.39 is 23.6 Å². The topological polar surface area (TPSA) is 114 Å². The molecule has 11 nitrogen and oxygen atoms in total. The van der Waals surface area contributed by atoms with Crippen molar-refractivity contribution in [3.05, 3.63) is 35.2 Å². The first-order chi connectivity index (χ1) is 20.7. The molecule has 12 heteroatoms. The molecule has 3 fully saturated rings. The summed E-state index contributed by atoms with van der Waals surface area (Å²) in [6, 6.07) is 5.79. The molecule has 0 bridgehead atoms. The van der Waals surface area contributed by atoms with E-state index in [1.54, 1.807) is 42.6 Å². The maximum atomic E-state index is 13.9. The lowest BCUT2D eigenvalue weighted by Crippen LogP contribution is -2.57. The highest BCUT2D eigenvalue weighted by atomic mass is 32.1. The first-order valence-electron chi connectivity index (χ1n) is 15.0. The van der Waals surface area contributed by atoms with Crippen molar-refractivity contribution in [1.29, 1.82) is 0 Å². The van der Waals surface area contributed by atoms with Gasteiger partial charge >= 0.3 is 0 Å². The van der Waals surface area contributed by atoms with Gasteiger partial charge in [0.1, 0.15) is 30.9 Å². The number of piperazine rings is 1. The maximum Gasteiger partial charge on any atom is 0.251 e. The Labute approximate surface area is 257 Å². The molecule has 43 heavy (non-hydrogen) atoms. The molecule has 0 aliphatic carbocycles. The molecule has 3 aliphatic heterocycles. The van der Waals surface area contributed by atoms with Crippen molar-refractivity contribution in [3.63, 3.8) is 0 Å². The number of carbonyl (C=O) groups excluding carboxylic acids is 3. The van der Waals surface area contributed by atoms with Crippen molar-refractivity contribution in [1.82, 2.24) is 20.1 Å². The molecule has 4 atom stereocenters. The molecule has 1 N–H and O–H groups in total. The van der Waals surface area contributed by atoms with E-state index >= 15 is 0 Å². The van der Waals surface area contributed by atoms with E-state index in [0.717, 1.165) is 55.7 Å². The zero-order valence-electron chi connectivity index (χ0n) is 25.7. The van der Waals surface area contributed by atoms with Crippen LogP contribution in [0, 0.1) is 5.41 Å². The summed E-state index contributed by atoms with van der Waals surface area (Å²) in [5.41, 5.74) is 1.69. The van der Waals surface area contributed by atoms with Gasteiger partial charge in [0.05, 0.1) is 18.8 Å². The van der Waals surface area contributed by atoms with E-state index in [2.05, 4.69) is 15.1 Å². The van der Waals surface area contributed by atoms with Crippen LogP contribution in [0.25, 0.3) is 11.3 Å². The molecule has 5 rings (SSSR count). The first-order valence-corrected chi connectivity index (χ1v) is 15.9. The Balaban J connectivity index is 1.25. The number of ether oxygens (including phenoxy) is 3. The number of methoxy groups -OCH3 is 2. The van der Waals surface area contributed by atoms with Gasteiger partial charge in [-0.25, -0.2) is 4.98 Å². The summed E-state index contributed by atoms with van der Waals surface area (Å²) >= 11 is 1.63. The molecule has 0 spiro atoms. The number of likely N-dealkylation sites (tertiary alicyclic amines) is 1. The molecule has 2 amide bonds. The Kier molecular flexibility index (Phi) is 9.82. The van der Waals surface area contributed by atoms with Gasteiger partial charge in [-0.3, -0.25) is 19.3 Å². The van der Waals surface area contributed by atoms with Crippen molar-refractivity contribution < 1.29 is 28.6 Å². The van der Waals surface area contributed by atoms with Crippen molar-refractivity contribution in [2.24, 2.45) is 5.41 Å². The molecule has 0 radical (unpaired) electrons. The summed E-state index contributed by atoms with van der Waals surface area (Å²) in [6.07, 6.45) is -0.213. The molecule has 1 aromatic carbocycles. The van der Waals surface area contributed by atoms with Crippen molar-refractivity contribution in [2.75, 3.05) is 71.6 Å². The van der Waals surface area contributed by atoms with Crippen LogP contribution >= 0.6 is 11.3 Å². The number of ketones is 1. The van der Waals surface area contributed by atoms with E-state index in [0.29, 0.717) is 12.0 Å². The van der Waals surface area contributed by atoms with Gasteiger partial charge in [-0.2, -0.15) is 0 Å². The number of rotatable bonds is 11. The standard InChI is InChI=1S/C31H43N5O6S/c1-6-31(2,3)27(29(39)36-17-24(41-5)26-25(36)23(37)18-42-26)33-28(38)21-9-7-20(8-10-21)22-19-43-30(32-22)35-13-11-34(12-14-35)15-16-40-4/h7-10,19,24-27H,6,11-18H2,1-5H3,(H,33,38)/t24-,25+,26+,27+/m0/s1. The molecule has 1 aromatic heterocycles. The number of carbonyl (C=O) groups is 3. The Morgan fingerprint density at radius 1 is 1.16 bits per heavy atom. The second kappa shape index (κ2) is 13.4. The first kappa shape index (κ1) is 31.5. The Hall–Kier alpha value is -2.90. The summed E-state index contributed by atoms with van der Waals surface area (Å²) in [7, 11) is 3.28. The van der Waals surface area contributed by atoms with Crippen LogP contribution in [0.5, 0.6) is 0 Å². The van der Waals surface area contributed by atoms with Crippen molar-refractivity contribution in [2.45, 2.75) is 51.5 Å². The fourth-order valence-corrected chi connectivity index (χ4v) is 6.83. The Bertz CT molecular complexity index is 1290. The van der Waals surface area contributed by atoms with Crippen LogP contribution in [-0.4, -0.2) is 123 Å². The molecule has 3 aliphatic rings. The number of benzene rings is 1. The zero-order valence-corrected chi connectivity index (χ0v) is 26.5. The summed E-state index contributed by atoms with van der Waals surface area (Å²) in [5, 5.41) is 6.04. The molecule has 0 saturated carbocycles. The molecular formula is C31H43N5O6S. The van der Waals surface area contributed by atoms with Crippen LogP contribution in [0.3, 0.4) is 0 Å². The van der Waals surface area contributed by atoms with E-state index in [1.807, 2.05) is 38.3 Å². The predicted octanol–water partition coefficient (Wildman–Crippen LogP) is 2.31. The number of nitrogens with one attached hydrogen (secondary N) is 1. The average Bonchev–Trinajstić information content (AvgIpc) is 3.76. The van der Waals surface area contributed by atoms with Gasteiger partial charge in [0.2, 0.25) is 5.91 Å². The second-order valence-corrected chi connectivity index (χ2v) is 13.0. The quantitative estimate of drug-likeness (QED) is 0.408. The minimum Gasteiger partial charge on any atom is -0.383 e. The van der Waals surface area contributed by atoms with Crippen LogP contribution in [0.2, 0.25) is 0 Å². The fraction of sp³-hybridized carbons (Fsp3) is 0.613. The van der Waals surface area contributed by atoms with Gasteiger partial charge in [0, 0.05) is 63.5 Å². The molecular weight excluding hydrogens is 570 g/mol. The lowest BCUT2D eigenvalue weighted by Gasteiger charge is -2.36. The minimum absolute atomic E-state index is 0.0362. The second-order valence-electron chi connectivity index (χ2n) is 12.1. The number of Topliss-reactive ketones (excluding diaryl/α,β-unsaturated/α-hetero) is 1. The number of aromatic nitrogens is 1. The smallest absolute Gasteiger partial charge is 0.251 e. The van der Waals surface area contributed by atoms with Crippen LogP contribution in [0.15, 0.2) is 29.6 Å². The number of nitrogens with zero attached hydrogens (tertiary/aromatic N) is 4. The highest BCUT2D eigenvalue weighted by Gasteiger charge is 2.54. The highest BCUT2D eigenvalue weighted by Crippen LogP contribution is 2.34. The van der Waals surface area contributed by atoms with E-state index in [4.69, 9.17) is 19.2 Å². The number of hydrogen-bond acceptors (Lipinski definition) is 10. The number of hydrogen-bond donors (Lipinski definition) is 1. The predicted molar refractivity (Wildman–Crippen MR) is 164 cm³/mol. The van der Waals surface area contributed by atoms with Crippen LogP contribution in [0.4, 0.5) is 5.13 Å². The van der Waals surface area contributed by atoms with Gasteiger partial charge in [0.15, 0.2) is 10.9 Å². The summed E-state index contributed by atoms with van der Waals surface area (Å²) < 4.78 is 16.4. The number of thiazole rings is 1. The normalized spacial score (nSPS) is 23.5. The monoisotopic (exact) mass is 613 g/mol. The van der Waals surface area contributed by atoms with Crippen molar-refractivity contribution >= 4 is 34.1 Å². The third-order valence-corrected chi connectivity index (χ3v) is 10.0. The largest absolute Gasteiger partial charge is 0.383 e. The van der Waals surface area contributed by atoms with E-state index in [-0.39, 0.29) is 36.9 Å². The average molecular weight is 614 g/mol. The van der Waals surface area contributed by atoms with E-state index in [1.165, 1.54) is 0 Å². The molecule has 4 heterocycles. The summed E-state index contributed by atoms with van der Waals surface area (Å²) in [4.78, 5) is 51.2. The molecule has 3 saturated heterocycles. The fourth-order valence-electron chi connectivity index (χ4n) is 5.94. The van der Waals surface area contributed by atoms with Crippen LogP contribution < -0.4 is 10.2 Å². The highest BCUT2D eigenvalue weighted by molar-refractivity contribution is 7.14. The Morgan fingerprint density at radius 2 is 1.88 bits per heavy atom. The SMILES string of the molecule is CCC(C)(C)[C@H](NC(=O)c1ccc(-c2csc(N3CCN(CCOC)CC3)n2)cc1)C(=O)N1C[C@H](OC)[C@H]2OCC(=O)[C@H]21. The number of anilines is 1. The third-order valence-electron chi connectivity index (χ3n) is 9.13. The lowest BCUT2D eigenvalue weighted by molar-refractivity contribution is -0.140. The van der Waals surface area contributed by atoms with Gasteiger partial charge in [-0.15, -0.1) is 11.3 Å². The molecule has 0 unspecified atom stereocenters. The lowest BCUT2D eigenvalue weighted by atomic mass is 9.80. The zero-order chi connectivity index (χ0) is 30.7. The summed E-state index contributed by atoms with van der Waals surface area (Å²) in [6.45, 7) is 11.6. The van der Waals surface area contributed by atoms with Crippen molar-refractivity contribution in [3.8, 4) is 11.3 Å². The van der Waals surface area contributed by atoms with Gasteiger partial charge in [-0.1, -0.05) is 32.9 Å². The van der Waals surface area contributed by atoms with Gasteiger partial charge in [-0.05, 0) is 24.0 Å². The van der Waals surface area contributed by atoms with Crippen LogP contribution in [-0.2, 0) is 23.8 Å². The Morgan fingerprint density at radius 3 is 2.53 bits per heavy atom. The molecule has 234 valence electrons. The molecule has 2 aromatic rings. The summed E-state index contributed by atoms with van der Waals surface area (Å²) in [5.74, 6) is -0.771. The van der Waals surface area contributed by atoms with Gasteiger partial charge in [0.25, 0.3) is 5.91 Å². The van der Waals surface area contributed by atoms with E-state index in [9.17, 15) is 14.4 Å². The number of amides is 2.